The highest BCUT2D eigenvalue weighted by atomic mass is 32.1. The highest BCUT2D eigenvalue weighted by molar-refractivity contribution is 7.10. The molecule has 1 rings (SSSR count). The summed E-state index contributed by atoms with van der Waals surface area (Å²) in [5, 5.41) is 8.62. The van der Waals surface area contributed by atoms with E-state index in [2.05, 4.69) is 48.9 Å². The maximum atomic E-state index is 11.9. The Morgan fingerprint density at radius 2 is 2.05 bits per heavy atom. The lowest BCUT2D eigenvalue weighted by atomic mass is 10.0. The summed E-state index contributed by atoms with van der Waals surface area (Å²) >= 11 is 1.77. The van der Waals surface area contributed by atoms with Crippen LogP contribution in [-0.2, 0) is 4.74 Å². The molecule has 1 aromatic rings. The maximum absolute atomic E-state index is 11.9. The lowest BCUT2D eigenvalue weighted by Gasteiger charge is -2.26. The number of ether oxygens (including phenoxy) is 1. The second kappa shape index (κ2) is 8.53. The molecular formula is C17H30N2O2S. The molecule has 5 heteroatoms. The minimum absolute atomic E-state index is 0.0658. The normalized spacial score (nSPS) is 14.7. The van der Waals surface area contributed by atoms with Crippen LogP contribution < -0.4 is 10.6 Å². The summed E-state index contributed by atoms with van der Waals surface area (Å²) < 4.78 is 5.32. The first-order valence-electron chi connectivity index (χ1n) is 7.99. The number of amides is 1. The van der Waals surface area contributed by atoms with Crippen molar-refractivity contribution in [2.45, 2.75) is 65.6 Å². The van der Waals surface area contributed by atoms with Gasteiger partial charge in [0.2, 0.25) is 0 Å². The predicted octanol–water partition coefficient (Wildman–Crippen LogP) is 4.34. The number of thiophene rings is 1. The first-order valence-corrected chi connectivity index (χ1v) is 8.87. The summed E-state index contributed by atoms with van der Waals surface area (Å²) in [6.07, 6.45) is 0.514. The van der Waals surface area contributed by atoms with Crippen molar-refractivity contribution >= 4 is 17.4 Å². The summed E-state index contributed by atoms with van der Waals surface area (Å²) in [5.74, 6) is 0.498. The van der Waals surface area contributed by atoms with Crippen molar-refractivity contribution in [1.29, 1.82) is 0 Å². The fourth-order valence-electron chi connectivity index (χ4n) is 2.17. The molecule has 0 saturated heterocycles. The van der Waals surface area contributed by atoms with Gasteiger partial charge in [0, 0.05) is 23.5 Å². The molecule has 0 aliphatic carbocycles. The van der Waals surface area contributed by atoms with E-state index >= 15 is 0 Å². The third-order valence-electron chi connectivity index (χ3n) is 3.31. The summed E-state index contributed by atoms with van der Waals surface area (Å²) in [6, 6.07) is 4.61. The number of hydrogen-bond acceptors (Lipinski definition) is 4. The zero-order valence-corrected chi connectivity index (χ0v) is 15.4. The third-order valence-corrected chi connectivity index (χ3v) is 4.27. The van der Waals surface area contributed by atoms with E-state index in [0.29, 0.717) is 12.0 Å². The Morgan fingerprint density at radius 3 is 2.50 bits per heavy atom. The molecule has 1 heterocycles. The van der Waals surface area contributed by atoms with Gasteiger partial charge in [-0.05, 0) is 44.6 Å². The van der Waals surface area contributed by atoms with Crippen LogP contribution in [0.15, 0.2) is 17.5 Å². The number of hydrogen-bond donors (Lipinski definition) is 2. The fourth-order valence-corrected chi connectivity index (χ4v) is 3.15. The van der Waals surface area contributed by atoms with E-state index in [0.717, 1.165) is 13.0 Å². The molecule has 2 N–H and O–H groups in total. The Labute approximate surface area is 138 Å². The second-order valence-electron chi connectivity index (χ2n) is 6.90. The van der Waals surface area contributed by atoms with Gasteiger partial charge in [-0.15, -0.1) is 11.3 Å². The van der Waals surface area contributed by atoms with Crippen LogP contribution in [0.25, 0.3) is 0 Å². The van der Waals surface area contributed by atoms with Crippen LogP contribution >= 0.6 is 11.3 Å². The monoisotopic (exact) mass is 326 g/mol. The zero-order chi connectivity index (χ0) is 16.8. The highest BCUT2D eigenvalue weighted by Gasteiger charge is 2.21. The summed E-state index contributed by atoms with van der Waals surface area (Å²) in [6.45, 7) is 12.8. The van der Waals surface area contributed by atoms with Crippen LogP contribution in [0.1, 0.15) is 58.9 Å². The molecule has 4 nitrogen and oxygen atoms in total. The van der Waals surface area contributed by atoms with Gasteiger partial charge in [0.15, 0.2) is 0 Å². The van der Waals surface area contributed by atoms with Gasteiger partial charge < -0.3 is 15.4 Å². The molecule has 1 amide bonds. The Balaban J connectivity index is 2.53. The van der Waals surface area contributed by atoms with Gasteiger partial charge in [0.25, 0.3) is 0 Å². The average Bonchev–Trinajstić information content (AvgIpc) is 2.88. The van der Waals surface area contributed by atoms with Gasteiger partial charge >= 0.3 is 6.09 Å². The van der Waals surface area contributed by atoms with Crippen molar-refractivity contribution in [2.75, 3.05) is 6.54 Å². The molecule has 0 bridgehead atoms. The standard InChI is InChI=1S/C17H30N2O2S/c1-7-13(19-16(20)21-17(4,5)6)11-18-15(12(2)3)14-9-8-10-22-14/h8-10,12-13,15,18H,7,11H2,1-6H3,(H,19,20). The SMILES string of the molecule is CCC(CNC(c1cccs1)C(C)C)NC(=O)OC(C)(C)C. The highest BCUT2D eigenvalue weighted by Crippen LogP contribution is 2.25. The lowest BCUT2D eigenvalue weighted by Crippen LogP contribution is -2.45. The molecule has 22 heavy (non-hydrogen) atoms. The fraction of sp³-hybridized carbons (Fsp3) is 0.706. The smallest absolute Gasteiger partial charge is 0.407 e. The van der Waals surface area contributed by atoms with Crippen molar-refractivity contribution < 1.29 is 9.53 Å². The van der Waals surface area contributed by atoms with Crippen LogP contribution in [0.3, 0.4) is 0 Å². The largest absolute Gasteiger partial charge is 0.444 e. The van der Waals surface area contributed by atoms with E-state index in [1.54, 1.807) is 11.3 Å². The lowest BCUT2D eigenvalue weighted by molar-refractivity contribution is 0.0501. The molecule has 0 spiro atoms. The van der Waals surface area contributed by atoms with Gasteiger partial charge in [0.1, 0.15) is 5.60 Å². The molecule has 0 aliphatic rings. The van der Waals surface area contributed by atoms with Crippen molar-refractivity contribution in [3.05, 3.63) is 22.4 Å². The van der Waals surface area contributed by atoms with Crippen LogP contribution in [-0.4, -0.2) is 24.3 Å². The second-order valence-corrected chi connectivity index (χ2v) is 7.88. The number of alkyl carbamates (subject to hydrolysis) is 1. The number of carbonyl (C=O) groups excluding carboxylic acids is 1. The van der Waals surface area contributed by atoms with Crippen LogP contribution in [0.5, 0.6) is 0 Å². The number of carbonyl (C=O) groups is 1. The van der Waals surface area contributed by atoms with Crippen molar-refractivity contribution in [1.82, 2.24) is 10.6 Å². The summed E-state index contributed by atoms with van der Waals surface area (Å²) in [4.78, 5) is 13.2. The Hall–Kier alpha value is -1.07. The molecule has 0 aromatic carbocycles. The molecule has 0 saturated carbocycles. The van der Waals surface area contributed by atoms with Gasteiger partial charge in [-0.1, -0.05) is 26.8 Å². The van der Waals surface area contributed by atoms with Crippen molar-refractivity contribution in [2.24, 2.45) is 5.92 Å². The first kappa shape index (κ1) is 19.0. The minimum Gasteiger partial charge on any atom is -0.444 e. The molecular weight excluding hydrogens is 296 g/mol. The molecule has 2 unspecified atom stereocenters. The quantitative estimate of drug-likeness (QED) is 0.784. The molecule has 0 aliphatic heterocycles. The van der Waals surface area contributed by atoms with E-state index < -0.39 is 5.60 Å². The van der Waals surface area contributed by atoms with E-state index in [9.17, 15) is 4.79 Å². The Bertz CT molecular complexity index is 438. The maximum Gasteiger partial charge on any atom is 0.407 e. The third kappa shape index (κ3) is 6.79. The van der Waals surface area contributed by atoms with Crippen LogP contribution in [0, 0.1) is 5.92 Å². The van der Waals surface area contributed by atoms with Gasteiger partial charge in [0.05, 0.1) is 0 Å². The molecule has 2 atom stereocenters. The topological polar surface area (TPSA) is 50.4 Å². The van der Waals surface area contributed by atoms with Gasteiger partial charge in [-0.25, -0.2) is 4.79 Å². The molecule has 1 aromatic heterocycles. The zero-order valence-electron chi connectivity index (χ0n) is 14.6. The van der Waals surface area contributed by atoms with Crippen LogP contribution in [0.2, 0.25) is 0 Å². The first-order chi connectivity index (χ1) is 10.2. The van der Waals surface area contributed by atoms with E-state index in [1.807, 2.05) is 20.8 Å². The number of rotatable bonds is 7. The van der Waals surface area contributed by atoms with Gasteiger partial charge in [-0.2, -0.15) is 0 Å². The van der Waals surface area contributed by atoms with Crippen molar-refractivity contribution in [3.63, 3.8) is 0 Å². The molecule has 0 fully saturated rings. The van der Waals surface area contributed by atoms with E-state index in [1.165, 1.54) is 4.88 Å². The van der Waals surface area contributed by atoms with E-state index in [4.69, 9.17) is 4.74 Å². The summed E-state index contributed by atoms with van der Waals surface area (Å²) in [7, 11) is 0. The Morgan fingerprint density at radius 1 is 1.36 bits per heavy atom. The Kier molecular flexibility index (Phi) is 7.36. The molecule has 126 valence electrons. The van der Waals surface area contributed by atoms with E-state index in [-0.39, 0.29) is 12.1 Å². The number of nitrogens with one attached hydrogen (secondary N) is 2. The minimum atomic E-state index is -0.465. The van der Waals surface area contributed by atoms with Crippen molar-refractivity contribution in [3.8, 4) is 0 Å². The van der Waals surface area contributed by atoms with Gasteiger partial charge in [-0.3, -0.25) is 0 Å². The van der Waals surface area contributed by atoms with Crippen LogP contribution in [0.4, 0.5) is 4.79 Å². The molecule has 0 radical (unpaired) electrons. The average molecular weight is 327 g/mol. The predicted molar refractivity (Wildman–Crippen MR) is 93.3 cm³/mol. The summed E-state index contributed by atoms with van der Waals surface area (Å²) in [5.41, 5.74) is -0.465.